The van der Waals surface area contributed by atoms with Gasteiger partial charge in [-0.2, -0.15) is 0 Å². The van der Waals surface area contributed by atoms with Crippen molar-refractivity contribution in [2.45, 2.75) is 5.54 Å². The number of carboxylic acid groups (broad SMARTS) is 2. The molecule has 0 aromatic rings. The zero-order valence-electron chi connectivity index (χ0n) is 7.18. The van der Waals surface area contributed by atoms with Crippen molar-refractivity contribution in [2.24, 2.45) is 17.4 Å². The van der Waals surface area contributed by atoms with Gasteiger partial charge in [0.1, 0.15) is 5.92 Å². The Bertz CT molecular complexity index is 347. The van der Waals surface area contributed by atoms with Crippen LogP contribution < -0.4 is 11.5 Å². The predicted octanol–water partition coefficient (Wildman–Crippen LogP) is -1.12. The summed E-state index contributed by atoms with van der Waals surface area (Å²) in [5.41, 5.74) is 8.80. The molecule has 0 radical (unpaired) electrons. The number of rotatable bonds is 2. The highest BCUT2D eigenvalue weighted by molar-refractivity contribution is 5.91. The molecule has 0 saturated heterocycles. The van der Waals surface area contributed by atoms with Crippen LogP contribution in [0.25, 0.3) is 0 Å². The molecule has 0 aliphatic heterocycles. The van der Waals surface area contributed by atoms with E-state index in [1.807, 2.05) is 0 Å². The normalized spacial score (nSPS) is 30.9. The summed E-state index contributed by atoms with van der Waals surface area (Å²) in [6.07, 6.45) is 3.78. The molecule has 0 aromatic carbocycles. The molecule has 0 fully saturated rings. The molecular weight excluding hydrogens is 188 g/mol. The Morgan fingerprint density at radius 2 is 2.00 bits per heavy atom. The van der Waals surface area contributed by atoms with Crippen LogP contribution in [-0.4, -0.2) is 27.7 Å². The zero-order chi connectivity index (χ0) is 10.9. The summed E-state index contributed by atoms with van der Waals surface area (Å²) in [5, 5.41) is 17.6. The van der Waals surface area contributed by atoms with Crippen molar-refractivity contribution in [1.82, 2.24) is 0 Å². The molecule has 76 valence electrons. The molecule has 1 rings (SSSR count). The molecule has 0 aromatic heterocycles. The zero-order valence-corrected chi connectivity index (χ0v) is 7.18. The number of aliphatic carboxylic acids is 2. The molecule has 6 heteroatoms. The molecule has 6 nitrogen and oxygen atoms in total. The second-order valence-corrected chi connectivity index (χ2v) is 3.04. The van der Waals surface area contributed by atoms with Gasteiger partial charge < -0.3 is 21.7 Å². The molecule has 0 spiro atoms. The van der Waals surface area contributed by atoms with Crippen molar-refractivity contribution in [3.05, 3.63) is 23.9 Å². The molecule has 0 bridgehead atoms. The quantitative estimate of drug-likeness (QED) is 0.445. The fraction of sp³-hybridized carbons (Fsp3) is 0.250. The van der Waals surface area contributed by atoms with E-state index in [-0.39, 0.29) is 5.70 Å². The molecule has 6 N–H and O–H groups in total. The van der Waals surface area contributed by atoms with Crippen LogP contribution in [0.3, 0.4) is 0 Å². The highest BCUT2D eigenvalue weighted by atomic mass is 16.4. The van der Waals surface area contributed by atoms with Gasteiger partial charge in [-0.1, -0.05) is 12.2 Å². The van der Waals surface area contributed by atoms with Gasteiger partial charge in [-0.25, -0.2) is 4.79 Å². The summed E-state index contributed by atoms with van der Waals surface area (Å²) in [5.74, 6) is -4.20. The van der Waals surface area contributed by atoms with Crippen LogP contribution in [0.5, 0.6) is 0 Å². The van der Waals surface area contributed by atoms with Gasteiger partial charge in [0.05, 0.1) is 0 Å². The third-order valence-corrected chi connectivity index (χ3v) is 2.09. The van der Waals surface area contributed by atoms with Gasteiger partial charge in [-0.05, 0) is 6.08 Å². The molecule has 1 aliphatic rings. The number of carbonyl (C=O) groups is 2. The summed E-state index contributed by atoms with van der Waals surface area (Å²) in [6.45, 7) is 0. The first-order valence-corrected chi connectivity index (χ1v) is 3.79. The lowest BCUT2D eigenvalue weighted by Crippen LogP contribution is -2.57. The minimum Gasteiger partial charge on any atom is -0.481 e. The van der Waals surface area contributed by atoms with E-state index < -0.39 is 23.4 Å². The average Bonchev–Trinajstić information content (AvgIpc) is 2.02. The summed E-state index contributed by atoms with van der Waals surface area (Å²) < 4.78 is 0. The fourth-order valence-corrected chi connectivity index (χ4v) is 1.33. The van der Waals surface area contributed by atoms with Gasteiger partial charge >= 0.3 is 11.9 Å². The van der Waals surface area contributed by atoms with Crippen molar-refractivity contribution < 1.29 is 19.8 Å². The van der Waals surface area contributed by atoms with E-state index in [1.165, 1.54) is 12.2 Å². The molecule has 0 amide bonds. The number of hydrogen-bond donors (Lipinski definition) is 4. The molecule has 2 atom stereocenters. The van der Waals surface area contributed by atoms with Crippen molar-refractivity contribution in [1.29, 1.82) is 0 Å². The lowest BCUT2D eigenvalue weighted by molar-refractivity contribution is -0.151. The Kier molecular flexibility index (Phi) is 2.31. The van der Waals surface area contributed by atoms with Crippen LogP contribution in [0.4, 0.5) is 0 Å². The maximum atomic E-state index is 10.8. The molecule has 0 heterocycles. The highest BCUT2D eigenvalue weighted by Gasteiger charge is 2.47. The monoisotopic (exact) mass is 198 g/mol. The van der Waals surface area contributed by atoms with Crippen molar-refractivity contribution in [3.63, 3.8) is 0 Å². The molecule has 0 saturated carbocycles. The van der Waals surface area contributed by atoms with Crippen molar-refractivity contribution in [3.8, 4) is 0 Å². The van der Waals surface area contributed by atoms with E-state index >= 15 is 0 Å². The van der Waals surface area contributed by atoms with Gasteiger partial charge in [-0.3, -0.25) is 4.79 Å². The van der Waals surface area contributed by atoms with Crippen LogP contribution in [0.15, 0.2) is 23.9 Å². The minimum absolute atomic E-state index is 0.0649. The molecule has 1 aliphatic carbocycles. The third-order valence-electron chi connectivity index (χ3n) is 2.09. The highest BCUT2D eigenvalue weighted by Crippen LogP contribution is 2.26. The minimum atomic E-state index is -1.97. The van der Waals surface area contributed by atoms with E-state index in [2.05, 4.69) is 0 Å². The number of carboxylic acids is 2. The second-order valence-electron chi connectivity index (χ2n) is 3.04. The van der Waals surface area contributed by atoms with Crippen molar-refractivity contribution in [2.75, 3.05) is 0 Å². The Morgan fingerprint density at radius 1 is 1.43 bits per heavy atom. The maximum Gasteiger partial charge on any atom is 0.329 e. The number of hydrogen-bond acceptors (Lipinski definition) is 4. The van der Waals surface area contributed by atoms with Crippen LogP contribution >= 0.6 is 0 Å². The average molecular weight is 198 g/mol. The Morgan fingerprint density at radius 3 is 2.36 bits per heavy atom. The molecule has 2 unspecified atom stereocenters. The second kappa shape index (κ2) is 3.15. The van der Waals surface area contributed by atoms with E-state index in [4.69, 9.17) is 21.7 Å². The summed E-state index contributed by atoms with van der Waals surface area (Å²) >= 11 is 0. The van der Waals surface area contributed by atoms with Gasteiger partial charge in [0.25, 0.3) is 0 Å². The largest absolute Gasteiger partial charge is 0.481 e. The van der Waals surface area contributed by atoms with Crippen LogP contribution in [0.2, 0.25) is 0 Å². The third kappa shape index (κ3) is 1.35. The van der Waals surface area contributed by atoms with E-state index in [9.17, 15) is 9.59 Å². The summed E-state index contributed by atoms with van der Waals surface area (Å²) in [4.78, 5) is 21.6. The van der Waals surface area contributed by atoms with Crippen molar-refractivity contribution >= 4 is 11.9 Å². The fourth-order valence-electron chi connectivity index (χ4n) is 1.33. The smallest absolute Gasteiger partial charge is 0.329 e. The van der Waals surface area contributed by atoms with E-state index in [0.29, 0.717) is 0 Å². The summed E-state index contributed by atoms with van der Waals surface area (Å²) in [6, 6.07) is 0. The van der Waals surface area contributed by atoms with Gasteiger partial charge in [0.2, 0.25) is 0 Å². The Labute approximate surface area is 79.5 Å². The van der Waals surface area contributed by atoms with Gasteiger partial charge in [0, 0.05) is 5.70 Å². The van der Waals surface area contributed by atoms with Crippen LogP contribution in [0.1, 0.15) is 0 Å². The SMILES string of the molecule is NC1=CC=CC(N)(C(=O)O)C1C(=O)O. The molecular formula is C8H10N2O4. The maximum absolute atomic E-state index is 10.8. The first-order chi connectivity index (χ1) is 6.39. The number of allylic oxidation sites excluding steroid dienone is 2. The van der Waals surface area contributed by atoms with Crippen LogP contribution in [0, 0.1) is 5.92 Å². The van der Waals surface area contributed by atoms with E-state index in [0.717, 1.165) is 6.08 Å². The van der Waals surface area contributed by atoms with Crippen LogP contribution in [-0.2, 0) is 9.59 Å². The summed E-state index contributed by atoms with van der Waals surface area (Å²) in [7, 11) is 0. The van der Waals surface area contributed by atoms with Gasteiger partial charge in [-0.15, -0.1) is 0 Å². The Hall–Kier alpha value is -1.82. The topological polar surface area (TPSA) is 127 Å². The van der Waals surface area contributed by atoms with Gasteiger partial charge in [0.15, 0.2) is 5.54 Å². The predicted molar refractivity (Wildman–Crippen MR) is 47.1 cm³/mol. The Balaban J connectivity index is 3.20. The van der Waals surface area contributed by atoms with E-state index in [1.54, 1.807) is 0 Å². The standard InChI is InChI=1S/C8H10N2O4/c9-4-2-1-3-8(10,7(13)14)5(4)6(11)12/h1-3,5H,9-10H2,(H,11,12)(H,13,14). The lowest BCUT2D eigenvalue weighted by atomic mass is 9.79. The first-order valence-electron chi connectivity index (χ1n) is 3.79. The lowest BCUT2D eigenvalue weighted by Gasteiger charge is -2.30. The first kappa shape index (κ1) is 10.3. The molecule has 14 heavy (non-hydrogen) atoms. The number of nitrogens with two attached hydrogens (primary N) is 2.